The van der Waals surface area contributed by atoms with Crippen LogP contribution in [-0.2, 0) is 17.8 Å². The zero-order valence-electron chi connectivity index (χ0n) is 20.5. The zero-order valence-corrected chi connectivity index (χ0v) is 20.5. The fraction of sp³-hybridized carbons (Fsp3) is 0.483. The van der Waals surface area contributed by atoms with E-state index in [0.29, 0.717) is 6.42 Å². The quantitative estimate of drug-likeness (QED) is 0.447. The SMILES string of the molecule is Cc1ccc(Cn2cc(CCC(=O)NCCCN3C[C@H](C)C[C@@H](C)C3)c3ccccc32)cc1. The predicted molar refractivity (Wildman–Crippen MR) is 138 cm³/mol. The van der Waals surface area contributed by atoms with E-state index in [1.165, 1.54) is 47.1 Å². The molecule has 1 saturated heterocycles. The summed E-state index contributed by atoms with van der Waals surface area (Å²) in [6, 6.07) is 17.3. The number of benzene rings is 2. The topological polar surface area (TPSA) is 37.3 Å². The third-order valence-electron chi connectivity index (χ3n) is 6.88. The number of nitrogens with zero attached hydrogens (tertiary/aromatic N) is 2. The van der Waals surface area contributed by atoms with Crippen LogP contribution < -0.4 is 5.32 Å². The summed E-state index contributed by atoms with van der Waals surface area (Å²) in [6.07, 6.45) is 5.91. The number of carbonyl (C=O) groups is 1. The van der Waals surface area contributed by atoms with Crippen LogP contribution in [0.3, 0.4) is 0 Å². The van der Waals surface area contributed by atoms with Crippen molar-refractivity contribution in [2.24, 2.45) is 11.8 Å². The number of piperidine rings is 1. The van der Waals surface area contributed by atoms with Gasteiger partial charge in [0, 0.05) is 49.7 Å². The summed E-state index contributed by atoms with van der Waals surface area (Å²) in [4.78, 5) is 15.1. The van der Waals surface area contributed by atoms with Crippen molar-refractivity contribution < 1.29 is 4.79 Å². The zero-order chi connectivity index (χ0) is 23.2. The molecule has 4 nitrogen and oxygen atoms in total. The molecule has 0 saturated carbocycles. The molecule has 1 amide bonds. The summed E-state index contributed by atoms with van der Waals surface area (Å²) in [5.41, 5.74) is 5.06. The van der Waals surface area contributed by atoms with Crippen LogP contribution in [0.25, 0.3) is 10.9 Å². The Kier molecular flexibility index (Phi) is 7.87. The molecule has 2 atom stereocenters. The molecule has 33 heavy (non-hydrogen) atoms. The standard InChI is InChI=1S/C29H39N3O/c1-22-9-11-25(12-10-22)20-32-21-26(27-7-4-5-8-28(27)32)13-14-29(33)30-15-6-16-31-18-23(2)17-24(3)19-31/h4-5,7-12,21,23-24H,6,13-20H2,1-3H3,(H,30,33)/t23-,24-/m1/s1. The number of carbonyl (C=O) groups excluding carboxylic acids is 1. The molecule has 0 bridgehead atoms. The molecule has 2 aromatic carbocycles. The normalized spacial score (nSPS) is 19.1. The largest absolute Gasteiger partial charge is 0.356 e. The summed E-state index contributed by atoms with van der Waals surface area (Å²) < 4.78 is 2.31. The Balaban J connectivity index is 1.28. The van der Waals surface area contributed by atoms with E-state index in [1.807, 2.05) is 0 Å². The van der Waals surface area contributed by atoms with Crippen LogP contribution in [0.4, 0.5) is 0 Å². The summed E-state index contributed by atoms with van der Waals surface area (Å²) in [6.45, 7) is 11.9. The fourth-order valence-electron chi connectivity index (χ4n) is 5.38. The molecule has 0 aliphatic carbocycles. The molecule has 1 aliphatic heterocycles. The van der Waals surface area contributed by atoms with E-state index in [1.54, 1.807) is 0 Å². The number of fused-ring (bicyclic) bond motifs is 1. The Morgan fingerprint density at radius 2 is 1.76 bits per heavy atom. The molecule has 0 unspecified atom stereocenters. The van der Waals surface area contributed by atoms with Gasteiger partial charge in [0.25, 0.3) is 0 Å². The van der Waals surface area contributed by atoms with E-state index in [2.05, 4.69) is 90.3 Å². The Morgan fingerprint density at radius 3 is 2.52 bits per heavy atom. The molecule has 176 valence electrons. The highest BCUT2D eigenvalue weighted by Crippen LogP contribution is 2.24. The lowest BCUT2D eigenvalue weighted by Crippen LogP contribution is -2.40. The number of hydrogen-bond donors (Lipinski definition) is 1. The third kappa shape index (κ3) is 6.48. The van der Waals surface area contributed by atoms with Crippen LogP contribution >= 0.6 is 0 Å². The molecule has 2 heterocycles. The fourth-order valence-corrected chi connectivity index (χ4v) is 5.38. The van der Waals surface area contributed by atoms with Crippen molar-refractivity contribution in [2.75, 3.05) is 26.2 Å². The van der Waals surface area contributed by atoms with Crippen LogP contribution in [0.5, 0.6) is 0 Å². The molecule has 4 rings (SSSR count). The molecule has 0 radical (unpaired) electrons. The number of likely N-dealkylation sites (tertiary alicyclic amines) is 1. The lowest BCUT2D eigenvalue weighted by Gasteiger charge is -2.34. The molecular weight excluding hydrogens is 406 g/mol. The molecule has 1 N–H and O–H groups in total. The Labute approximate surface area is 199 Å². The number of aromatic nitrogens is 1. The maximum Gasteiger partial charge on any atom is 0.220 e. The van der Waals surface area contributed by atoms with Crippen molar-refractivity contribution >= 4 is 16.8 Å². The van der Waals surface area contributed by atoms with Crippen LogP contribution in [0, 0.1) is 18.8 Å². The minimum absolute atomic E-state index is 0.158. The van der Waals surface area contributed by atoms with Gasteiger partial charge in [-0.25, -0.2) is 0 Å². The Hall–Kier alpha value is -2.59. The first-order valence-corrected chi connectivity index (χ1v) is 12.6. The first kappa shape index (κ1) is 23.6. The van der Waals surface area contributed by atoms with E-state index in [4.69, 9.17) is 0 Å². The van der Waals surface area contributed by atoms with E-state index < -0.39 is 0 Å². The lowest BCUT2D eigenvalue weighted by molar-refractivity contribution is -0.121. The van der Waals surface area contributed by atoms with Gasteiger partial charge in [-0.3, -0.25) is 4.79 Å². The minimum atomic E-state index is 0.158. The average Bonchev–Trinajstić information content (AvgIpc) is 3.14. The van der Waals surface area contributed by atoms with Gasteiger partial charge in [-0.05, 0) is 61.8 Å². The van der Waals surface area contributed by atoms with Crippen molar-refractivity contribution in [2.45, 2.75) is 53.0 Å². The number of hydrogen-bond acceptors (Lipinski definition) is 2. The van der Waals surface area contributed by atoms with E-state index in [9.17, 15) is 4.79 Å². The highest BCUT2D eigenvalue weighted by atomic mass is 16.1. The molecule has 0 spiro atoms. The number of rotatable bonds is 9. The summed E-state index contributed by atoms with van der Waals surface area (Å²) in [7, 11) is 0. The summed E-state index contributed by atoms with van der Waals surface area (Å²) in [5, 5.41) is 4.40. The Bertz CT molecular complexity index is 1040. The highest BCUT2D eigenvalue weighted by Gasteiger charge is 2.21. The van der Waals surface area contributed by atoms with Crippen LogP contribution in [0.15, 0.2) is 54.7 Å². The maximum atomic E-state index is 12.5. The van der Waals surface area contributed by atoms with Crippen molar-refractivity contribution in [1.29, 1.82) is 0 Å². The number of para-hydroxylation sites is 1. The second-order valence-electron chi connectivity index (χ2n) is 10.2. The summed E-state index contributed by atoms with van der Waals surface area (Å²) >= 11 is 0. The van der Waals surface area contributed by atoms with Gasteiger partial charge in [0.2, 0.25) is 5.91 Å². The predicted octanol–water partition coefficient (Wildman–Crippen LogP) is 5.41. The van der Waals surface area contributed by atoms with Gasteiger partial charge in [0.1, 0.15) is 0 Å². The second-order valence-corrected chi connectivity index (χ2v) is 10.2. The Morgan fingerprint density at radius 1 is 1.03 bits per heavy atom. The van der Waals surface area contributed by atoms with Gasteiger partial charge in [0.15, 0.2) is 0 Å². The van der Waals surface area contributed by atoms with Crippen molar-refractivity contribution in [3.05, 3.63) is 71.4 Å². The summed E-state index contributed by atoms with van der Waals surface area (Å²) in [5.74, 6) is 1.73. The highest BCUT2D eigenvalue weighted by molar-refractivity contribution is 5.85. The van der Waals surface area contributed by atoms with Crippen LogP contribution in [0.1, 0.15) is 49.8 Å². The van der Waals surface area contributed by atoms with Crippen LogP contribution in [-0.4, -0.2) is 41.6 Å². The molecular formula is C29H39N3O. The van der Waals surface area contributed by atoms with Crippen molar-refractivity contribution in [3.8, 4) is 0 Å². The molecule has 4 heteroatoms. The monoisotopic (exact) mass is 445 g/mol. The number of aryl methyl sites for hydroxylation is 2. The lowest BCUT2D eigenvalue weighted by atomic mass is 9.92. The van der Waals surface area contributed by atoms with Gasteiger partial charge >= 0.3 is 0 Å². The first-order valence-electron chi connectivity index (χ1n) is 12.6. The van der Waals surface area contributed by atoms with Gasteiger partial charge < -0.3 is 14.8 Å². The number of nitrogens with one attached hydrogen (secondary N) is 1. The first-order chi connectivity index (χ1) is 16.0. The van der Waals surface area contributed by atoms with E-state index in [0.717, 1.165) is 44.3 Å². The van der Waals surface area contributed by atoms with Crippen molar-refractivity contribution in [1.82, 2.24) is 14.8 Å². The van der Waals surface area contributed by atoms with E-state index >= 15 is 0 Å². The molecule has 1 aliphatic rings. The second kappa shape index (κ2) is 11.0. The van der Waals surface area contributed by atoms with Gasteiger partial charge in [-0.15, -0.1) is 0 Å². The van der Waals surface area contributed by atoms with Crippen LogP contribution in [0.2, 0.25) is 0 Å². The molecule has 1 fully saturated rings. The van der Waals surface area contributed by atoms with Gasteiger partial charge in [-0.1, -0.05) is 61.9 Å². The maximum absolute atomic E-state index is 12.5. The molecule has 1 aromatic heterocycles. The smallest absolute Gasteiger partial charge is 0.220 e. The van der Waals surface area contributed by atoms with Gasteiger partial charge in [0.05, 0.1) is 0 Å². The van der Waals surface area contributed by atoms with Crippen molar-refractivity contribution in [3.63, 3.8) is 0 Å². The van der Waals surface area contributed by atoms with E-state index in [-0.39, 0.29) is 5.91 Å². The minimum Gasteiger partial charge on any atom is -0.356 e. The number of amides is 1. The third-order valence-corrected chi connectivity index (χ3v) is 6.88. The molecule has 3 aromatic rings. The van der Waals surface area contributed by atoms with Gasteiger partial charge in [-0.2, -0.15) is 0 Å². The average molecular weight is 446 g/mol.